The van der Waals surface area contributed by atoms with Gasteiger partial charge in [0.05, 0.1) is 5.56 Å². The lowest BCUT2D eigenvalue weighted by Gasteiger charge is -2.17. The first-order valence-corrected chi connectivity index (χ1v) is 8.06. The van der Waals surface area contributed by atoms with Crippen LogP contribution in [0.2, 0.25) is 0 Å². The minimum absolute atomic E-state index is 0.0184. The number of ether oxygens (including phenoxy) is 1. The zero-order chi connectivity index (χ0) is 18.0. The molecular weight excluding hydrogens is 430 g/mol. The first kappa shape index (κ1) is 18.4. The summed E-state index contributed by atoms with van der Waals surface area (Å²) >= 11 is 1.96. The molecule has 1 aromatic heterocycles. The molecule has 0 saturated carbocycles. The summed E-state index contributed by atoms with van der Waals surface area (Å²) in [7, 11) is 1.43. The quantitative estimate of drug-likeness (QED) is 0.684. The Morgan fingerprint density at radius 2 is 2.12 bits per heavy atom. The SMILES string of the molecule is Cc1cc(C(N)=O)c(OCC(O)c2ccc(I)cc2F)n(C)c1=O. The maximum atomic E-state index is 13.9. The lowest BCUT2D eigenvalue weighted by atomic mass is 10.1. The maximum Gasteiger partial charge on any atom is 0.256 e. The van der Waals surface area contributed by atoms with Gasteiger partial charge >= 0.3 is 0 Å². The van der Waals surface area contributed by atoms with Crippen molar-refractivity contribution >= 4 is 28.5 Å². The summed E-state index contributed by atoms with van der Waals surface area (Å²) in [5, 5.41) is 10.1. The average Bonchev–Trinajstić information content (AvgIpc) is 2.51. The number of nitrogens with zero attached hydrogens (tertiary/aromatic N) is 1. The number of aliphatic hydroxyl groups excluding tert-OH is 1. The van der Waals surface area contributed by atoms with E-state index in [1.54, 1.807) is 13.0 Å². The monoisotopic (exact) mass is 446 g/mol. The van der Waals surface area contributed by atoms with Gasteiger partial charge < -0.3 is 15.6 Å². The van der Waals surface area contributed by atoms with E-state index in [0.717, 1.165) is 4.57 Å². The highest BCUT2D eigenvalue weighted by molar-refractivity contribution is 14.1. The average molecular weight is 446 g/mol. The normalized spacial score (nSPS) is 12.0. The third-order valence-electron chi connectivity index (χ3n) is 3.50. The molecule has 2 rings (SSSR count). The van der Waals surface area contributed by atoms with E-state index in [-0.39, 0.29) is 29.2 Å². The van der Waals surface area contributed by atoms with Crippen LogP contribution in [0.15, 0.2) is 29.1 Å². The van der Waals surface area contributed by atoms with Gasteiger partial charge in [0.15, 0.2) is 0 Å². The van der Waals surface area contributed by atoms with Crippen LogP contribution in [0.1, 0.15) is 27.6 Å². The van der Waals surface area contributed by atoms with Gasteiger partial charge in [-0.2, -0.15) is 0 Å². The summed E-state index contributed by atoms with van der Waals surface area (Å²) in [6, 6.07) is 5.72. The molecular formula is C16H16FIN2O4. The van der Waals surface area contributed by atoms with Crippen molar-refractivity contribution < 1.29 is 19.0 Å². The highest BCUT2D eigenvalue weighted by Gasteiger charge is 2.19. The van der Waals surface area contributed by atoms with E-state index < -0.39 is 17.8 Å². The van der Waals surface area contributed by atoms with Crippen molar-refractivity contribution in [2.75, 3.05) is 6.61 Å². The number of aromatic nitrogens is 1. The first-order chi connectivity index (χ1) is 11.2. The number of hydrogen-bond acceptors (Lipinski definition) is 4. The van der Waals surface area contributed by atoms with Gasteiger partial charge in [0.2, 0.25) is 5.88 Å². The number of benzene rings is 1. The second-order valence-corrected chi connectivity index (χ2v) is 6.51. The minimum Gasteiger partial charge on any atom is -0.475 e. The van der Waals surface area contributed by atoms with Crippen LogP contribution >= 0.6 is 22.6 Å². The van der Waals surface area contributed by atoms with Gasteiger partial charge in [-0.05, 0) is 47.7 Å². The number of carbonyl (C=O) groups is 1. The van der Waals surface area contributed by atoms with Gasteiger partial charge in [-0.25, -0.2) is 4.39 Å². The van der Waals surface area contributed by atoms with E-state index >= 15 is 0 Å². The third-order valence-corrected chi connectivity index (χ3v) is 4.17. The zero-order valence-corrected chi connectivity index (χ0v) is 15.2. The molecule has 1 atom stereocenters. The molecule has 2 aromatic rings. The van der Waals surface area contributed by atoms with Crippen molar-refractivity contribution in [3.63, 3.8) is 0 Å². The summed E-state index contributed by atoms with van der Waals surface area (Å²) in [6.07, 6.45) is -1.26. The molecule has 0 fully saturated rings. The van der Waals surface area contributed by atoms with Gasteiger partial charge in [0.25, 0.3) is 11.5 Å². The fourth-order valence-electron chi connectivity index (χ4n) is 2.25. The number of halogens is 2. The highest BCUT2D eigenvalue weighted by atomic mass is 127. The van der Waals surface area contributed by atoms with E-state index in [2.05, 4.69) is 0 Å². The third kappa shape index (κ3) is 3.75. The van der Waals surface area contributed by atoms with Crippen LogP contribution in [-0.4, -0.2) is 22.2 Å². The van der Waals surface area contributed by atoms with Crippen LogP contribution in [0.3, 0.4) is 0 Å². The Morgan fingerprint density at radius 1 is 1.46 bits per heavy atom. The number of pyridine rings is 1. The summed E-state index contributed by atoms with van der Waals surface area (Å²) in [5.41, 5.74) is 5.36. The van der Waals surface area contributed by atoms with Crippen LogP contribution in [0.25, 0.3) is 0 Å². The van der Waals surface area contributed by atoms with Crippen molar-refractivity contribution in [1.82, 2.24) is 4.57 Å². The Balaban J connectivity index is 2.30. The summed E-state index contributed by atoms with van der Waals surface area (Å²) in [6.45, 7) is 1.21. The van der Waals surface area contributed by atoms with Crippen LogP contribution < -0.4 is 16.0 Å². The Bertz CT molecular complexity index is 851. The first-order valence-electron chi connectivity index (χ1n) is 6.98. The van der Waals surface area contributed by atoms with E-state index in [4.69, 9.17) is 10.5 Å². The van der Waals surface area contributed by atoms with Crippen molar-refractivity contribution in [1.29, 1.82) is 0 Å². The zero-order valence-electron chi connectivity index (χ0n) is 13.0. The molecule has 3 N–H and O–H groups in total. The summed E-state index contributed by atoms with van der Waals surface area (Å²) in [5.74, 6) is -1.40. The molecule has 0 aliphatic rings. The fraction of sp³-hybridized carbons (Fsp3) is 0.250. The number of primary amides is 1. The topological polar surface area (TPSA) is 94.6 Å². The van der Waals surface area contributed by atoms with Crippen molar-refractivity contribution in [3.05, 3.63) is 60.7 Å². The second kappa shape index (κ2) is 7.31. The molecule has 1 aromatic carbocycles. The Labute approximate surface area is 151 Å². The molecule has 6 nitrogen and oxygen atoms in total. The predicted molar refractivity (Wildman–Crippen MR) is 94.5 cm³/mol. The molecule has 0 aliphatic heterocycles. The lowest BCUT2D eigenvalue weighted by molar-refractivity contribution is 0.0930. The second-order valence-electron chi connectivity index (χ2n) is 5.27. The van der Waals surface area contributed by atoms with Gasteiger partial charge in [-0.1, -0.05) is 6.07 Å². The molecule has 24 heavy (non-hydrogen) atoms. The van der Waals surface area contributed by atoms with Gasteiger partial charge in [-0.3, -0.25) is 14.2 Å². The van der Waals surface area contributed by atoms with Gasteiger partial charge in [-0.15, -0.1) is 0 Å². The number of aliphatic hydroxyl groups is 1. The van der Waals surface area contributed by atoms with E-state index in [9.17, 15) is 19.1 Å². The van der Waals surface area contributed by atoms with Crippen LogP contribution in [0.5, 0.6) is 5.88 Å². The summed E-state index contributed by atoms with van der Waals surface area (Å²) < 4.78 is 21.1. The van der Waals surface area contributed by atoms with E-state index in [0.29, 0.717) is 9.13 Å². The van der Waals surface area contributed by atoms with Gasteiger partial charge in [0, 0.05) is 21.7 Å². The fourth-order valence-corrected chi connectivity index (χ4v) is 2.70. The van der Waals surface area contributed by atoms with Crippen molar-refractivity contribution in [2.45, 2.75) is 13.0 Å². The molecule has 0 radical (unpaired) electrons. The standard InChI is InChI=1S/C16H16FIN2O4/c1-8-5-11(14(19)22)16(20(2)15(8)23)24-7-13(21)10-4-3-9(18)6-12(10)17/h3-6,13,21H,7H2,1-2H3,(H2,19,22). The lowest BCUT2D eigenvalue weighted by Crippen LogP contribution is -2.27. The molecule has 1 amide bonds. The highest BCUT2D eigenvalue weighted by Crippen LogP contribution is 2.22. The van der Waals surface area contributed by atoms with Crippen molar-refractivity contribution in [2.24, 2.45) is 12.8 Å². The minimum atomic E-state index is -1.26. The van der Waals surface area contributed by atoms with Crippen LogP contribution in [0.4, 0.5) is 4.39 Å². The van der Waals surface area contributed by atoms with E-state index in [1.807, 2.05) is 22.6 Å². The number of nitrogens with two attached hydrogens (primary N) is 1. The Hall–Kier alpha value is -1.94. The number of amides is 1. The largest absolute Gasteiger partial charge is 0.475 e. The number of hydrogen-bond donors (Lipinski definition) is 2. The Kier molecular flexibility index (Phi) is 5.60. The molecule has 0 saturated heterocycles. The molecule has 0 bridgehead atoms. The molecule has 8 heteroatoms. The predicted octanol–water partition coefficient (Wildman–Crippen LogP) is 1.65. The number of aryl methyl sites for hydroxylation is 1. The van der Waals surface area contributed by atoms with Crippen LogP contribution in [0, 0.1) is 16.3 Å². The Morgan fingerprint density at radius 3 is 2.71 bits per heavy atom. The van der Waals surface area contributed by atoms with Gasteiger partial charge in [0.1, 0.15) is 18.5 Å². The number of carbonyl (C=O) groups excluding carboxylic acids is 1. The van der Waals surface area contributed by atoms with E-state index in [1.165, 1.54) is 25.2 Å². The number of rotatable bonds is 5. The van der Waals surface area contributed by atoms with Crippen molar-refractivity contribution in [3.8, 4) is 5.88 Å². The summed E-state index contributed by atoms with van der Waals surface area (Å²) in [4.78, 5) is 23.5. The molecule has 1 heterocycles. The molecule has 0 spiro atoms. The maximum absolute atomic E-state index is 13.9. The smallest absolute Gasteiger partial charge is 0.256 e. The molecule has 128 valence electrons. The van der Waals surface area contributed by atoms with Crippen LogP contribution in [-0.2, 0) is 7.05 Å². The molecule has 1 unspecified atom stereocenters. The molecule has 0 aliphatic carbocycles.